The molecular formula is C13H26N2O2. The van der Waals surface area contributed by atoms with E-state index >= 15 is 0 Å². The van der Waals surface area contributed by atoms with Crippen molar-refractivity contribution in [1.82, 2.24) is 4.90 Å². The molecule has 1 saturated heterocycles. The van der Waals surface area contributed by atoms with Gasteiger partial charge in [-0.15, -0.1) is 0 Å². The minimum absolute atomic E-state index is 0.0727. The van der Waals surface area contributed by atoms with Crippen molar-refractivity contribution in [3.63, 3.8) is 0 Å². The van der Waals surface area contributed by atoms with E-state index in [2.05, 4.69) is 25.7 Å². The first-order chi connectivity index (χ1) is 7.84. The van der Waals surface area contributed by atoms with Crippen molar-refractivity contribution in [3.8, 4) is 0 Å². The van der Waals surface area contributed by atoms with Crippen molar-refractivity contribution in [3.05, 3.63) is 0 Å². The van der Waals surface area contributed by atoms with Crippen LogP contribution < -0.4 is 5.73 Å². The van der Waals surface area contributed by atoms with E-state index < -0.39 is 0 Å². The van der Waals surface area contributed by atoms with Crippen LogP contribution in [0.5, 0.6) is 0 Å². The molecule has 100 valence electrons. The molecule has 3 atom stereocenters. The Hall–Kier alpha value is -0.160. The zero-order valence-electron chi connectivity index (χ0n) is 11.3. The molecule has 0 aromatic heterocycles. The Balaban J connectivity index is 1.99. The average Bonchev–Trinajstić information content (AvgIpc) is 2.59. The molecule has 0 spiro atoms. The summed E-state index contributed by atoms with van der Waals surface area (Å²) in [5.74, 6) is 0. The van der Waals surface area contributed by atoms with E-state index in [9.17, 15) is 5.11 Å². The number of aliphatic hydroxyl groups excluding tert-OH is 1. The molecule has 3 unspecified atom stereocenters. The van der Waals surface area contributed by atoms with E-state index in [1.165, 1.54) is 0 Å². The van der Waals surface area contributed by atoms with Gasteiger partial charge in [0.1, 0.15) is 0 Å². The van der Waals surface area contributed by atoms with E-state index in [-0.39, 0.29) is 23.9 Å². The second kappa shape index (κ2) is 4.50. The van der Waals surface area contributed by atoms with Gasteiger partial charge in [-0.3, -0.25) is 4.90 Å². The zero-order chi connectivity index (χ0) is 12.7. The fourth-order valence-corrected chi connectivity index (χ4v) is 3.36. The predicted molar refractivity (Wildman–Crippen MR) is 67.8 cm³/mol. The topological polar surface area (TPSA) is 58.7 Å². The van der Waals surface area contributed by atoms with Crippen molar-refractivity contribution < 1.29 is 9.84 Å². The zero-order valence-corrected chi connectivity index (χ0v) is 11.3. The number of nitrogens with two attached hydrogens (primary N) is 1. The first-order valence-electron chi connectivity index (χ1n) is 6.65. The number of morpholine rings is 1. The van der Waals surface area contributed by atoms with Crippen LogP contribution in [-0.4, -0.2) is 53.0 Å². The molecule has 0 aromatic carbocycles. The lowest BCUT2D eigenvalue weighted by Crippen LogP contribution is -2.55. The maximum absolute atomic E-state index is 9.33. The van der Waals surface area contributed by atoms with Crippen molar-refractivity contribution in [2.75, 3.05) is 19.7 Å². The highest BCUT2D eigenvalue weighted by atomic mass is 16.5. The minimum Gasteiger partial charge on any atom is -0.394 e. The van der Waals surface area contributed by atoms with Gasteiger partial charge in [-0.25, -0.2) is 0 Å². The second-order valence-electron chi connectivity index (χ2n) is 6.53. The average molecular weight is 242 g/mol. The molecule has 2 rings (SSSR count). The molecule has 1 aliphatic heterocycles. The van der Waals surface area contributed by atoms with Gasteiger partial charge in [0.05, 0.1) is 18.3 Å². The number of hydrogen-bond acceptors (Lipinski definition) is 4. The van der Waals surface area contributed by atoms with Crippen molar-refractivity contribution >= 4 is 0 Å². The van der Waals surface area contributed by atoms with Crippen LogP contribution in [0, 0.1) is 0 Å². The second-order valence-corrected chi connectivity index (χ2v) is 6.53. The van der Waals surface area contributed by atoms with Crippen LogP contribution in [0.2, 0.25) is 0 Å². The number of nitrogens with zero attached hydrogens (tertiary/aromatic N) is 1. The number of hydrogen-bond donors (Lipinski definition) is 2. The van der Waals surface area contributed by atoms with E-state index in [0.29, 0.717) is 6.04 Å². The molecule has 17 heavy (non-hydrogen) atoms. The van der Waals surface area contributed by atoms with Crippen molar-refractivity contribution in [2.45, 2.75) is 63.3 Å². The van der Waals surface area contributed by atoms with Crippen molar-refractivity contribution in [2.24, 2.45) is 5.73 Å². The fourth-order valence-electron chi connectivity index (χ4n) is 3.36. The molecule has 0 aromatic rings. The summed E-state index contributed by atoms with van der Waals surface area (Å²) in [6, 6.07) is 0.512. The summed E-state index contributed by atoms with van der Waals surface area (Å²) < 4.78 is 5.92. The van der Waals surface area contributed by atoms with Crippen LogP contribution in [0.3, 0.4) is 0 Å². The quantitative estimate of drug-likeness (QED) is 0.749. The highest BCUT2D eigenvalue weighted by Crippen LogP contribution is 2.33. The highest BCUT2D eigenvalue weighted by Gasteiger charge is 2.41. The van der Waals surface area contributed by atoms with E-state index in [1.807, 2.05) is 0 Å². The summed E-state index contributed by atoms with van der Waals surface area (Å²) in [5, 5.41) is 9.33. The standard InChI is InChI=1S/C13H26N2O2/c1-10-7-15(8-12(2,3)17-10)11-4-5-13(14,6-11)9-16/h10-11,16H,4-9,14H2,1-3H3. The Labute approximate surface area is 104 Å². The lowest BCUT2D eigenvalue weighted by atomic mass is 9.99. The Morgan fingerprint density at radius 1 is 1.47 bits per heavy atom. The van der Waals surface area contributed by atoms with E-state index in [0.717, 1.165) is 32.4 Å². The van der Waals surface area contributed by atoms with Gasteiger partial charge in [0.2, 0.25) is 0 Å². The maximum atomic E-state index is 9.33. The Bertz CT molecular complexity index is 283. The van der Waals surface area contributed by atoms with Crippen LogP contribution in [0.15, 0.2) is 0 Å². The highest BCUT2D eigenvalue weighted by molar-refractivity contribution is 4.99. The fraction of sp³-hybridized carbons (Fsp3) is 1.00. The molecule has 2 aliphatic rings. The van der Waals surface area contributed by atoms with Gasteiger partial charge in [0.15, 0.2) is 0 Å². The van der Waals surface area contributed by atoms with Gasteiger partial charge in [-0.05, 0) is 40.0 Å². The minimum atomic E-state index is -0.351. The third-order valence-electron chi connectivity index (χ3n) is 4.04. The number of ether oxygens (including phenoxy) is 1. The normalized spacial score (nSPS) is 42.9. The molecule has 4 nitrogen and oxygen atoms in total. The molecule has 1 aliphatic carbocycles. The monoisotopic (exact) mass is 242 g/mol. The van der Waals surface area contributed by atoms with Gasteiger partial charge in [0, 0.05) is 24.7 Å². The van der Waals surface area contributed by atoms with Gasteiger partial charge < -0.3 is 15.6 Å². The van der Waals surface area contributed by atoms with E-state index in [1.54, 1.807) is 0 Å². The molecule has 2 fully saturated rings. The van der Waals surface area contributed by atoms with Gasteiger partial charge in [-0.1, -0.05) is 0 Å². The number of rotatable bonds is 2. The molecule has 4 heteroatoms. The molecule has 1 saturated carbocycles. The summed E-state index contributed by atoms with van der Waals surface area (Å²) >= 11 is 0. The van der Waals surface area contributed by atoms with E-state index in [4.69, 9.17) is 10.5 Å². The Morgan fingerprint density at radius 3 is 2.71 bits per heavy atom. The van der Waals surface area contributed by atoms with Crippen LogP contribution in [0.1, 0.15) is 40.0 Å². The Morgan fingerprint density at radius 2 is 2.18 bits per heavy atom. The lowest BCUT2D eigenvalue weighted by Gasteiger charge is -2.44. The summed E-state index contributed by atoms with van der Waals surface area (Å²) in [5.41, 5.74) is 5.73. The van der Waals surface area contributed by atoms with Gasteiger partial charge >= 0.3 is 0 Å². The number of aliphatic hydroxyl groups is 1. The van der Waals surface area contributed by atoms with Crippen LogP contribution >= 0.6 is 0 Å². The smallest absolute Gasteiger partial charge is 0.0757 e. The van der Waals surface area contributed by atoms with Gasteiger partial charge in [-0.2, -0.15) is 0 Å². The summed E-state index contributed by atoms with van der Waals surface area (Å²) in [6.07, 6.45) is 3.22. The largest absolute Gasteiger partial charge is 0.394 e. The third kappa shape index (κ3) is 2.99. The summed E-state index contributed by atoms with van der Waals surface area (Å²) in [6.45, 7) is 8.47. The molecular weight excluding hydrogens is 216 g/mol. The first-order valence-corrected chi connectivity index (χ1v) is 6.65. The summed E-state index contributed by atoms with van der Waals surface area (Å²) in [4.78, 5) is 2.50. The van der Waals surface area contributed by atoms with Crippen LogP contribution in [0.25, 0.3) is 0 Å². The molecule has 0 amide bonds. The van der Waals surface area contributed by atoms with Gasteiger partial charge in [0.25, 0.3) is 0 Å². The lowest BCUT2D eigenvalue weighted by molar-refractivity contribution is -0.137. The molecule has 0 bridgehead atoms. The molecule has 0 radical (unpaired) electrons. The molecule has 1 heterocycles. The maximum Gasteiger partial charge on any atom is 0.0757 e. The predicted octanol–water partition coefficient (Wildman–Crippen LogP) is 0.728. The molecule has 3 N–H and O–H groups in total. The third-order valence-corrected chi connectivity index (χ3v) is 4.04. The van der Waals surface area contributed by atoms with Crippen molar-refractivity contribution in [1.29, 1.82) is 0 Å². The SMILES string of the molecule is CC1CN(C2CCC(N)(CO)C2)CC(C)(C)O1. The summed E-state index contributed by atoms with van der Waals surface area (Å²) in [7, 11) is 0. The Kier molecular flexibility index (Phi) is 3.51. The van der Waals surface area contributed by atoms with Crippen LogP contribution in [0.4, 0.5) is 0 Å². The first kappa shape index (κ1) is 13.3. The van der Waals surface area contributed by atoms with Crippen LogP contribution in [-0.2, 0) is 4.74 Å².